The van der Waals surface area contributed by atoms with Crippen LogP contribution in [0.1, 0.15) is 6.23 Å². The lowest BCUT2D eigenvalue weighted by Crippen LogP contribution is -2.38. The highest BCUT2D eigenvalue weighted by Crippen LogP contribution is 2.30. The number of methoxy groups -OCH3 is 1. The normalized spacial score (nSPS) is 30.7. The van der Waals surface area contributed by atoms with E-state index >= 15 is 0 Å². The van der Waals surface area contributed by atoms with Crippen LogP contribution in [0.5, 0.6) is 5.75 Å². The fourth-order valence-corrected chi connectivity index (χ4v) is 2.01. The predicted molar refractivity (Wildman–Crippen MR) is 60.8 cm³/mol. The van der Waals surface area contributed by atoms with E-state index in [4.69, 9.17) is 14.6 Å². The lowest BCUT2D eigenvalue weighted by Gasteiger charge is -2.20. The van der Waals surface area contributed by atoms with Gasteiger partial charge in [0, 0.05) is 7.11 Å². The summed E-state index contributed by atoms with van der Waals surface area (Å²) in [5.41, 5.74) is -1.74. The molecule has 19 heavy (non-hydrogen) atoms. The van der Waals surface area contributed by atoms with Crippen LogP contribution < -0.4 is 11.2 Å². The van der Waals surface area contributed by atoms with Crippen LogP contribution in [-0.4, -0.2) is 56.9 Å². The summed E-state index contributed by atoms with van der Waals surface area (Å²) < 4.78 is 11.2. The molecule has 0 unspecified atom stereocenters. The van der Waals surface area contributed by atoms with Gasteiger partial charge in [0.15, 0.2) is 12.0 Å². The molecule has 4 N–H and O–H groups in total. The Kier molecular flexibility index (Phi) is 3.71. The van der Waals surface area contributed by atoms with Crippen LogP contribution in [0, 0.1) is 0 Å². The number of hydrogen-bond acceptors (Lipinski definition) is 7. The highest BCUT2D eigenvalue weighted by Gasteiger charge is 2.45. The number of aliphatic hydroxyl groups is 2. The summed E-state index contributed by atoms with van der Waals surface area (Å²) in [4.78, 5) is 24.6. The van der Waals surface area contributed by atoms with Crippen LogP contribution in [0.2, 0.25) is 0 Å². The van der Waals surface area contributed by atoms with Gasteiger partial charge < -0.3 is 24.8 Å². The number of hydrogen-bond donors (Lipinski definition) is 4. The van der Waals surface area contributed by atoms with Crippen molar-refractivity contribution >= 4 is 0 Å². The number of ether oxygens (including phenoxy) is 2. The van der Waals surface area contributed by atoms with E-state index in [9.17, 15) is 19.8 Å². The van der Waals surface area contributed by atoms with Crippen molar-refractivity contribution in [3.8, 4) is 5.75 Å². The molecule has 0 saturated carbocycles. The number of H-pyrrole nitrogens is 1. The second-order valence-corrected chi connectivity index (χ2v) is 4.12. The Balaban J connectivity index is 2.44. The maximum atomic E-state index is 11.7. The maximum Gasteiger partial charge on any atom is 0.330 e. The predicted octanol–water partition coefficient (Wildman–Crippen LogP) is -2.49. The first-order valence-electron chi connectivity index (χ1n) is 5.51. The van der Waals surface area contributed by atoms with Gasteiger partial charge in [-0.3, -0.25) is 14.3 Å². The maximum absolute atomic E-state index is 11.7. The van der Waals surface area contributed by atoms with Gasteiger partial charge in [0.25, 0.3) is 5.56 Å². The SMILES string of the molecule is CO[C@@H]1[C@H](O)[C@@H](CO)O[C@H]1n1cc(O)c(=O)[nH]c1=O. The number of aromatic hydroxyl groups is 1. The van der Waals surface area contributed by atoms with Crippen molar-refractivity contribution in [3.05, 3.63) is 27.0 Å². The standard InChI is InChI=1S/C10H14N2O7/c1-18-7-6(15)5(3-13)19-9(7)12-2-4(14)8(16)11-10(12)17/h2,5-7,9,13-15H,3H2,1H3,(H,11,16,17)/t5-,6-,7-,9-/m1/s1. The van der Waals surface area contributed by atoms with Gasteiger partial charge in [-0.25, -0.2) is 4.79 Å². The Bertz CT molecular complexity index is 566. The highest BCUT2D eigenvalue weighted by molar-refractivity contribution is 5.10. The lowest BCUT2D eigenvalue weighted by molar-refractivity contribution is -0.0628. The smallest absolute Gasteiger partial charge is 0.330 e. The van der Waals surface area contributed by atoms with Gasteiger partial charge in [-0.05, 0) is 0 Å². The van der Waals surface area contributed by atoms with Crippen molar-refractivity contribution in [1.29, 1.82) is 0 Å². The third-order valence-corrected chi connectivity index (χ3v) is 2.99. The molecule has 1 aromatic rings. The molecule has 1 aliphatic rings. The van der Waals surface area contributed by atoms with Gasteiger partial charge in [-0.15, -0.1) is 0 Å². The van der Waals surface area contributed by atoms with Crippen LogP contribution in [0.4, 0.5) is 0 Å². The van der Waals surface area contributed by atoms with E-state index in [1.807, 2.05) is 4.98 Å². The van der Waals surface area contributed by atoms with Gasteiger partial charge in [0.2, 0.25) is 0 Å². The van der Waals surface area contributed by atoms with Crippen LogP contribution >= 0.6 is 0 Å². The molecule has 0 aromatic carbocycles. The molecule has 0 bridgehead atoms. The first kappa shape index (κ1) is 13.7. The molecule has 1 aromatic heterocycles. The molecule has 0 radical (unpaired) electrons. The number of nitrogens with zero attached hydrogens (tertiary/aromatic N) is 1. The minimum Gasteiger partial charge on any atom is -0.502 e. The molecule has 2 heterocycles. The minimum atomic E-state index is -1.14. The number of aromatic amines is 1. The molecule has 1 aliphatic heterocycles. The van der Waals surface area contributed by atoms with Gasteiger partial charge in [0.1, 0.15) is 18.3 Å². The van der Waals surface area contributed by atoms with E-state index in [0.29, 0.717) is 0 Å². The molecule has 1 saturated heterocycles. The summed E-state index contributed by atoms with van der Waals surface area (Å²) in [7, 11) is 1.31. The fourth-order valence-electron chi connectivity index (χ4n) is 2.01. The summed E-state index contributed by atoms with van der Waals surface area (Å²) in [6, 6.07) is 0. The first-order chi connectivity index (χ1) is 8.99. The Morgan fingerprint density at radius 2 is 2.21 bits per heavy atom. The second-order valence-electron chi connectivity index (χ2n) is 4.12. The summed E-state index contributed by atoms with van der Waals surface area (Å²) in [6.45, 7) is -0.457. The van der Waals surface area contributed by atoms with Gasteiger partial charge in [0.05, 0.1) is 12.8 Å². The van der Waals surface area contributed by atoms with Crippen molar-refractivity contribution in [2.24, 2.45) is 0 Å². The summed E-state index contributed by atoms with van der Waals surface area (Å²) >= 11 is 0. The minimum absolute atomic E-state index is 0.457. The number of aromatic nitrogens is 2. The average Bonchev–Trinajstić information content (AvgIpc) is 2.70. The molecule has 2 rings (SSSR count). The monoisotopic (exact) mass is 274 g/mol. The third-order valence-electron chi connectivity index (χ3n) is 2.99. The number of nitrogens with one attached hydrogen (secondary N) is 1. The molecule has 9 heteroatoms. The highest BCUT2D eigenvalue weighted by atomic mass is 16.6. The fraction of sp³-hybridized carbons (Fsp3) is 0.600. The van der Waals surface area contributed by atoms with E-state index in [-0.39, 0.29) is 0 Å². The van der Waals surface area contributed by atoms with Crippen LogP contribution in [0.15, 0.2) is 15.8 Å². The second kappa shape index (κ2) is 5.13. The zero-order valence-electron chi connectivity index (χ0n) is 10.0. The Labute approximate surface area is 106 Å². The molecule has 1 fully saturated rings. The van der Waals surface area contributed by atoms with Crippen molar-refractivity contribution in [2.45, 2.75) is 24.5 Å². The largest absolute Gasteiger partial charge is 0.502 e. The van der Waals surface area contributed by atoms with Gasteiger partial charge >= 0.3 is 5.69 Å². The summed E-state index contributed by atoms with van der Waals surface area (Å²) in [5.74, 6) is -0.667. The van der Waals surface area contributed by atoms with Crippen LogP contribution in [-0.2, 0) is 9.47 Å². The Morgan fingerprint density at radius 3 is 2.79 bits per heavy atom. The average molecular weight is 274 g/mol. The molecule has 9 nitrogen and oxygen atoms in total. The molecule has 0 amide bonds. The van der Waals surface area contributed by atoms with E-state index in [2.05, 4.69) is 0 Å². The summed E-state index contributed by atoms with van der Waals surface area (Å²) in [5, 5.41) is 28.2. The van der Waals surface area contributed by atoms with E-state index in [1.54, 1.807) is 0 Å². The molecule has 0 spiro atoms. The molecular weight excluding hydrogens is 260 g/mol. The first-order valence-corrected chi connectivity index (χ1v) is 5.51. The van der Waals surface area contributed by atoms with Crippen LogP contribution in [0.25, 0.3) is 0 Å². The molecule has 106 valence electrons. The van der Waals surface area contributed by atoms with Gasteiger partial charge in [-0.2, -0.15) is 0 Å². The van der Waals surface area contributed by atoms with Crippen molar-refractivity contribution in [2.75, 3.05) is 13.7 Å². The number of aliphatic hydroxyl groups excluding tert-OH is 2. The topological polar surface area (TPSA) is 134 Å². The molecule has 0 aliphatic carbocycles. The van der Waals surface area contributed by atoms with Crippen molar-refractivity contribution in [3.63, 3.8) is 0 Å². The quantitative estimate of drug-likeness (QED) is 0.479. The zero-order valence-corrected chi connectivity index (χ0v) is 10.0. The van der Waals surface area contributed by atoms with Gasteiger partial charge in [-0.1, -0.05) is 0 Å². The van der Waals surface area contributed by atoms with E-state index < -0.39 is 48.1 Å². The Hall–Kier alpha value is -1.68. The zero-order chi connectivity index (χ0) is 14.2. The van der Waals surface area contributed by atoms with Crippen molar-refractivity contribution < 1.29 is 24.8 Å². The van der Waals surface area contributed by atoms with E-state index in [0.717, 1.165) is 10.8 Å². The molecule has 4 atom stereocenters. The number of rotatable bonds is 3. The molecular formula is C10H14N2O7. The Morgan fingerprint density at radius 1 is 1.53 bits per heavy atom. The summed E-state index contributed by atoms with van der Waals surface area (Å²) in [6.07, 6.45) is -3.14. The lowest BCUT2D eigenvalue weighted by atomic mass is 10.1. The third kappa shape index (κ3) is 2.28. The van der Waals surface area contributed by atoms with Crippen LogP contribution in [0.3, 0.4) is 0 Å². The van der Waals surface area contributed by atoms with Crippen molar-refractivity contribution in [1.82, 2.24) is 9.55 Å². The van der Waals surface area contributed by atoms with E-state index in [1.165, 1.54) is 7.11 Å².